The monoisotopic (exact) mass is 362 g/mol. The highest BCUT2D eigenvalue weighted by Gasteiger charge is 2.62. The van der Waals surface area contributed by atoms with Crippen molar-refractivity contribution in [1.29, 1.82) is 0 Å². The third-order valence-electron chi connectivity index (χ3n) is 6.88. The smallest absolute Gasteiger partial charge is 0.190 e. The van der Waals surface area contributed by atoms with Crippen LogP contribution in [0.4, 0.5) is 0 Å². The second-order valence-electron chi connectivity index (χ2n) is 8.45. The van der Waals surface area contributed by atoms with Crippen molar-refractivity contribution in [2.45, 2.75) is 69.7 Å². The molecule has 0 unspecified atom stereocenters. The first-order valence-corrected chi connectivity index (χ1v) is 9.51. The van der Waals surface area contributed by atoms with Gasteiger partial charge in [0, 0.05) is 5.41 Å². The lowest BCUT2D eigenvalue weighted by atomic mass is 9.60. The number of aliphatic hydroxyl groups excluding tert-OH is 3. The Labute approximate surface area is 154 Å². The molecule has 0 saturated heterocycles. The zero-order chi connectivity index (χ0) is 19.1. The van der Waals surface area contributed by atoms with E-state index in [9.17, 15) is 25.2 Å². The Balaban J connectivity index is 1.92. The number of ketones is 1. The van der Waals surface area contributed by atoms with Crippen molar-refractivity contribution in [3.05, 3.63) is 35.5 Å². The lowest BCUT2D eigenvalue weighted by Crippen LogP contribution is -2.55. The predicted molar refractivity (Wildman–Crippen MR) is 98.3 cm³/mol. The van der Waals surface area contributed by atoms with Gasteiger partial charge in [0.1, 0.15) is 12.2 Å². The summed E-state index contributed by atoms with van der Waals surface area (Å²) in [5.74, 6) is -0.567. The minimum absolute atomic E-state index is 0.00923. The van der Waals surface area contributed by atoms with Gasteiger partial charge in [0.05, 0.1) is 12.2 Å². The fourth-order valence-corrected chi connectivity index (χ4v) is 5.30. The molecule has 4 N–H and O–H groups in total. The number of hydrogen-bond donors (Lipinski definition) is 4. The van der Waals surface area contributed by atoms with Gasteiger partial charge in [-0.15, -0.1) is 0 Å². The van der Waals surface area contributed by atoms with Gasteiger partial charge >= 0.3 is 0 Å². The third kappa shape index (κ3) is 3.11. The molecule has 0 bridgehead atoms. The number of carbonyl (C=O) groups excluding carboxylic acids is 1. The molecule has 0 aromatic heterocycles. The van der Waals surface area contributed by atoms with Crippen LogP contribution in [0, 0.1) is 11.3 Å². The molecule has 3 rings (SSSR count). The maximum atomic E-state index is 12.2. The molecule has 0 radical (unpaired) electrons. The summed E-state index contributed by atoms with van der Waals surface area (Å²) in [6.45, 7) is 5.24. The Bertz CT molecular complexity index is 663. The molecule has 0 aromatic carbocycles. The van der Waals surface area contributed by atoms with E-state index in [2.05, 4.69) is 6.58 Å². The summed E-state index contributed by atoms with van der Waals surface area (Å²) in [6.07, 6.45) is 6.92. The number of allylic oxidation sites excluding steroid dienone is 3. The zero-order valence-electron chi connectivity index (χ0n) is 15.4. The first kappa shape index (κ1) is 19.5. The van der Waals surface area contributed by atoms with Gasteiger partial charge < -0.3 is 20.4 Å². The van der Waals surface area contributed by atoms with Crippen molar-refractivity contribution in [1.82, 2.24) is 0 Å². The topological polar surface area (TPSA) is 98.0 Å². The SMILES string of the molecule is C=C1CC[C@H](O)C/C1=C/C=C1\C[C@H](O)C[C@@]2(C)[C@H]1CC[C@@]2(O)C(=O)CO. The molecule has 0 heterocycles. The number of fused-ring (bicyclic) bond motifs is 1. The fraction of sp³-hybridized carbons (Fsp3) is 0.667. The molecule has 5 atom stereocenters. The number of aliphatic hydroxyl groups is 4. The molecule has 3 aliphatic rings. The molecular formula is C21H30O5. The molecule has 0 aromatic rings. The fourth-order valence-electron chi connectivity index (χ4n) is 5.30. The average molecular weight is 362 g/mol. The van der Waals surface area contributed by atoms with Crippen LogP contribution in [0.5, 0.6) is 0 Å². The first-order valence-electron chi connectivity index (χ1n) is 9.51. The molecule has 3 aliphatic carbocycles. The Kier molecular flexibility index (Phi) is 5.28. The molecular weight excluding hydrogens is 332 g/mol. The van der Waals surface area contributed by atoms with E-state index in [1.807, 2.05) is 19.1 Å². The van der Waals surface area contributed by atoms with Crippen molar-refractivity contribution in [2.75, 3.05) is 6.61 Å². The van der Waals surface area contributed by atoms with Crippen molar-refractivity contribution in [2.24, 2.45) is 11.3 Å². The summed E-state index contributed by atoms with van der Waals surface area (Å²) in [7, 11) is 0. The Morgan fingerprint density at radius 2 is 1.96 bits per heavy atom. The molecule has 26 heavy (non-hydrogen) atoms. The van der Waals surface area contributed by atoms with Crippen LogP contribution in [0.25, 0.3) is 0 Å². The van der Waals surface area contributed by atoms with Gasteiger partial charge in [-0.2, -0.15) is 0 Å². The van der Waals surface area contributed by atoms with Crippen molar-refractivity contribution >= 4 is 5.78 Å². The van der Waals surface area contributed by atoms with E-state index in [-0.39, 0.29) is 12.0 Å². The summed E-state index contributed by atoms with van der Waals surface area (Å²) in [4.78, 5) is 12.2. The van der Waals surface area contributed by atoms with Crippen LogP contribution < -0.4 is 0 Å². The van der Waals surface area contributed by atoms with Gasteiger partial charge in [-0.05, 0) is 56.4 Å². The highest BCUT2D eigenvalue weighted by molar-refractivity contribution is 5.89. The normalized spacial score (nSPS) is 43.7. The lowest BCUT2D eigenvalue weighted by molar-refractivity contribution is -0.158. The molecule has 144 valence electrons. The molecule has 0 aliphatic heterocycles. The van der Waals surface area contributed by atoms with E-state index in [0.29, 0.717) is 32.1 Å². The van der Waals surface area contributed by atoms with Crippen LogP contribution in [0.1, 0.15) is 51.9 Å². The summed E-state index contributed by atoms with van der Waals surface area (Å²) in [5.41, 5.74) is 0.707. The second kappa shape index (κ2) is 7.04. The van der Waals surface area contributed by atoms with Crippen molar-refractivity contribution in [3.63, 3.8) is 0 Å². The van der Waals surface area contributed by atoms with E-state index in [1.165, 1.54) is 0 Å². The zero-order valence-corrected chi connectivity index (χ0v) is 15.4. The number of hydrogen-bond acceptors (Lipinski definition) is 5. The minimum Gasteiger partial charge on any atom is -0.393 e. The third-order valence-corrected chi connectivity index (χ3v) is 6.88. The van der Waals surface area contributed by atoms with Gasteiger partial charge in [-0.1, -0.05) is 36.8 Å². The van der Waals surface area contributed by atoms with Gasteiger partial charge in [-0.3, -0.25) is 4.79 Å². The molecule has 0 amide bonds. The van der Waals surface area contributed by atoms with Crippen LogP contribution in [-0.2, 0) is 4.79 Å². The molecule has 3 saturated carbocycles. The standard InChI is InChI=1S/C21H30O5/c1-13-3-6-16(23)9-14(13)4-5-15-10-17(24)11-20(2)18(15)7-8-21(20,26)19(25)12-22/h4-5,16-18,22-24,26H,1,3,6-12H2,2H3/b14-4-,15-5+/t16-,17-,18-,20-,21+/m0/s1. The summed E-state index contributed by atoms with van der Waals surface area (Å²) >= 11 is 0. The van der Waals surface area contributed by atoms with Crippen LogP contribution in [0.3, 0.4) is 0 Å². The van der Waals surface area contributed by atoms with Gasteiger partial charge in [0.2, 0.25) is 0 Å². The summed E-state index contributed by atoms with van der Waals surface area (Å²) in [5, 5.41) is 40.6. The highest BCUT2D eigenvalue weighted by Crippen LogP contribution is 2.59. The first-order chi connectivity index (χ1) is 12.2. The second-order valence-corrected chi connectivity index (χ2v) is 8.45. The lowest BCUT2D eigenvalue weighted by Gasteiger charge is -2.47. The maximum Gasteiger partial charge on any atom is 0.190 e. The molecule has 0 spiro atoms. The van der Waals surface area contributed by atoms with Gasteiger partial charge in [0.25, 0.3) is 0 Å². The quantitative estimate of drug-likeness (QED) is 0.614. The van der Waals surface area contributed by atoms with Crippen LogP contribution in [0.15, 0.2) is 35.5 Å². The number of Topliss-reactive ketones (excluding diaryl/α,β-unsaturated/α-hetero) is 1. The van der Waals surface area contributed by atoms with E-state index < -0.39 is 29.5 Å². The summed E-state index contributed by atoms with van der Waals surface area (Å²) in [6, 6.07) is 0. The van der Waals surface area contributed by atoms with E-state index >= 15 is 0 Å². The highest BCUT2D eigenvalue weighted by atomic mass is 16.3. The van der Waals surface area contributed by atoms with Crippen LogP contribution in [0.2, 0.25) is 0 Å². The van der Waals surface area contributed by atoms with Crippen LogP contribution >= 0.6 is 0 Å². The van der Waals surface area contributed by atoms with Gasteiger partial charge in [-0.25, -0.2) is 0 Å². The maximum absolute atomic E-state index is 12.2. The van der Waals surface area contributed by atoms with E-state index in [1.54, 1.807) is 0 Å². The number of rotatable bonds is 3. The number of carbonyl (C=O) groups is 1. The Hall–Kier alpha value is -1.27. The molecule has 3 fully saturated rings. The summed E-state index contributed by atoms with van der Waals surface area (Å²) < 4.78 is 0. The van der Waals surface area contributed by atoms with E-state index in [0.717, 1.165) is 29.6 Å². The van der Waals surface area contributed by atoms with E-state index in [4.69, 9.17) is 0 Å². The van der Waals surface area contributed by atoms with Crippen molar-refractivity contribution < 1.29 is 25.2 Å². The molecule has 5 heteroatoms. The van der Waals surface area contributed by atoms with Crippen molar-refractivity contribution in [3.8, 4) is 0 Å². The average Bonchev–Trinajstić information content (AvgIpc) is 2.86. The largest absolute Gasteiger partial charge is 0.393 e. The van der Waals surface area contributed by atoms with Gasteiger partial charge in [0.15, 0.2) is 5.78 Å². The Morgan fingerprint density at radius 3 is 2.65 bits per heavy atom. The Morgan fingerprint density at radius 1 is 1.23 bits per heavy atom. The minimum atomic E-state index is -1.59. The predicted octanol–water partition coefficient (Wildman–Crippen LogP) is 1.80. The molecule has 5 nitrogen and oxygen atoms in total. The van der Waals surface area contributed by atoms with Crippen LogP contribution in [-0.4, -0.2) is 50.6 Å².